The van der Waals surface area contributed by atoms with Crippen LogP contribution in [0, 0.1) is 0 Å². The summed E-state index contributed by atoms with van der Waals surface area (Å²) in [5.41, 5.74) is 4.35. The van der Waals surface area contributed by atoms with E-state index in [4.69, 9.17) is 9.47 Å². The first kappa shape index (κ1) is 36.4. The average Bonchev–Trinajstić information content (AvgIpc) is 3.78. The highest BCUT2D eigenvalue weighted by Gasteiger charge is 2.20. The highest BCUT2D eigenvalue weighted by molar-refractivity contribution is 7.27. The van der Waals surface area contributed by atoms with Crippen molar-refractivity contribution in [3.63, 3.8) is 0 Å². The molecule has 0 bridgehead atoms. The Balaban J connectivity index is 1.20. The lowest BCUT2D eigenvalue weighted by Crippen LogP contribution is -2.10. The molecule has 270 valence electrons. The number of hydrogen-bond acceptors (Lipinski definition) is 6. The third-order valence-electron chi connectivity index (χ3n) is 9.69. The van der Waals surface area contributed by atoms with Crippen molar-refractivity contribution in [2.24, 2.45) is 0 Å². The minimum atomic E-state index is 0.741. The molecule has 0 saturated carbocycles. The van der Waals surface area contributed by atoms with E-state index in [9.17, 15) is 4.79 Å². The summed E-state index contributed by atoms with van der Waals surface area (Å²) in [6.07, 6.45) is 10.5. The van der Waals surface area contributed by atoms with Crippen LogP contribution in [0.3, 0.4) is 0 Å². The van der Waals surface area contributed by atoms with Crippen LogP contribution in [0.5, 0.6) is 11.5 Å². The maximum absolute atomic E-state index is 12.0. The molecule has 0 radical (unpaired) electrons. The van der Waals surface area contributed by atoms with Gasteiger partial charge in [0.05, 0.1) is 27.8 Å². The van der Waals surface area contributed by atoms with Crippen LogP contribution < -0.4 is 14.4 Å². The van der Waals surface area contributed by atoms with E-state index in [0.29, 0.717) is 0 Å². The zero-order valence-corrected chi connectivity index (χ0v) is 32.3. The van der Waals surface area contributed by atoms with Gasteiger partial charge in [-0.2, -0.15) is 0 Å². The summed E-state index contributed by atoms with van der Waals surface area (Å²) in [7, 11) is 0. The minimum Gasteiger partial charge on any atom is -0.494 e. The molecule has 0 aliphatic carbocycles. The van der Waals surface area contributed by atoms with Gasteiger partial charge >= 0.3 is 0 Å². The standard InChI is InChI=1S/C47H47NO3S2/c1-3-5-7-13-31-50-38-27-23-36(24-28-38)48(37-25-29-39(30-26-37)51-32-14-8-6-4-2)35-21-19-34(20-22-35)45-42-17-11-12-18-43(42)47(53-45)46-41-16-10-9-15-40(41)44(33-49)52-46/h9-12,15-30,33H,3-8,13-14,31-32H2,1-2H3. The lowest BCUT2D eigenvalue weighted by molar-refractivity contribution is 0.112. The first-order valence-corrected chi connectivity index (χ1v) is 20.7. The number of fused-ring (bicyclic) bond motifs is 2. The molecular formula is C47H47NO3S2. The van der Waals surface area contributed by atoms with Gasteiger partial charge in [0.2, 0.25) is 0 Å². The van der Waals surface area contributed by atoms with E-state index in [2.05, 4.69) is 128 Å². The Bertz CT molecular complexity index is 2180. The highest BCUT2D eigenvalue weighted by Crippen LogP contribution is 2.49. The molecule has 0 saturated heterocycles. The molecule has 0 N–H and O–H groups in total. The Kier molecular flexibility index (Phi) is 12.2. The van der Waals surface area contributed by atoms with Gasteiger partial charge in [0.25, 0.3) is 0 Å². The number of rotatable bonds is 18. The summed E-state index contributed by atoms with van der Waals surface area (Å²) in [4.78, 5) is 18.7. The molecule has 53 heavy (non-hydrogen) atoms. The van der Waals surface area contributed by atoms with Gasteiger partial charge in [0.15, 0.2) is 6.29 Å². The highest BCUT2D eigenvalue weighted by atomic mass is 32.1. The molecule has 2 aromatic heterocycles. The number of nitrogens with zero attached hydrogens (tertiary/aromatic N) is 1. The van der Waals surface area contributed by atoms with Crippen LogP contribution in [0.15, 0.2) is 121 Å². The van der Waals surface area contributed by atoms with Crippen LogP contribution in [-0.4, -0.2) is 19.5 Å². The van der Waals surface area contributed by atoms with Gasteiger partial charge in [-0.1, -0.05) is 113 Å². The van der Waals surface area contributed by atoms with Crippen LogP contribution in [-0.2, 0) is 0 Å². The fourth-order valence-electron chi connectivity index (χ4n) is 6.88. The van der Waals surface area contributed by atoms with E-state index in [0.717, 1.165) is 87.0 Å². The molecule has 6 heteroatoms. The van der Waals surface area contributed by atoms with Crippen LogP contribution in [0.2, 0.25) is 0 Å². The topological polar surface area (TPSA) is 38.8 Å². The molecule has 4 nitrogen and oxygen atoms in total. The van der Waals surface area contributed by atoms with Gasteiger partial charge < -0.3 is 14.4 Å². The fourth-order valence-corrected chi connectivity index (χ4v) is 9.41. The first-order valence-electron chi connectivity index (χ1n) is 19.0. The predicted octanol–water partition coefficient (Wildman–Crippen LogP) is 14.7. The molecule has 0 unspecified atom stereocenters. The van der Waals surface area contributed by atoms with Crippen molar-refractivity contribution in [2.45, 2.75) is 65.2 Å². The molecular weight excluding hydrogens is 691 g/mol. The monoisotopic (exact) mass is 737 g/mol. The van der Waals surface area contributed by atoms with E-state index in [-0.39, 0.29) is 0 Å². The van der Waals surface area contributed by atoms with Crippen molar-refractivity contribution < 1.29 is 14.3 Å². The second kappa shape index (κ2) is 17.7. The second-order valence-electron chi connectivity index (χ2n) is 13.5. The lowest BCUT2D eigenvalue weighted by Gasteiger charge is -2.26. The number of carbonyl (C=O) groups is 1. The molecule has 0 aliphatic heterocycles. The van der Waals surface area contributed by atoms with Gasteiger partial charge in [-0.15, -0.1) is 22.7 Å². The lowest BCUT2D eigenvalue weighted by atomic mass is 10.0. The molecule has 0 spiro atoms. The molecule has 7 aromatic rings. The Morgan fingerprint density at radius 3 is 1.42 bits per heavy atom. The predicted molar refractivity (Wildman–Crippen MR) is 227 cm³/mol. The summed E-state index contributed by atoms with van der Waals surface area (Å²) < 4.78 is 12.2. The summed E-state index contributed by atoms with van der Waals surface area (Å²) in [6.45, 7) is 5.94. The number of thiophene rings is 2. The van der Waals surface area contributed by atoms with Crippen LogP contribution >= 0.6 is 22.7 Å². The quantitative estimate of drug-likeness (QED) is 0.0649. The van der Waals surface area contributed by atoms with Crippen molar-refractivity contribution in [3.05, 3.63) is 126 Å². The van der Waals surface area contributed by atoms with Crippen molar-refractivity contribution in [3.8, 4) is 31.7 Å². The maximum Gasteiger partial charge on any atom is 0.160 e. The number of benzene rings is 5. The second-order valence-corrected chi connectivity index (χ2v) is 15.5. The molecule has 0 aliphatic rings. The van der Waals surface area contributed by atoms with Gasteiger partial charge in [-0.3, -0.25) is 4.79 Å². The van der Waals surface area contributed by atoms with Crippen LogP contribution in [0.25, 0.3) is 41.7 Å². The zero-order chi connectivity index (χ0) is 36.4. The van der Waals surface area contributed by atoms with E-state index in [1.807, 2.05) is 12.1 Å². The molecule has 0 atom stereocenters. The molecule has 7 rings (SSSR count). The normalized spacial score (nSPS) is 11.3. The Labute approximate surface area is 321 Å². The SMILES string of the molecule is CCCCCCOc1ccc(N(c2ccc(OCCCCCC)cc2)c2ccc(-c3sc(-c4sc(C=O)c5ccccc45)c4ccccc34)cc2)cc1. The zero-order valence-electron chi connectivity index (χ0n) is 30.7. The molecule has 0 amide bonds. The smallest absolute Gasteiger partial charge is 0.160 e. The van der Waals surface area contributed by atoms with E-state index >= 15 is 0 Å². The Morgan fingerprint density at radius 1 is 0.491 bits per heavy atom. The largest absolute Gasteiger partial charge is 0.494 e. The van der Waals surface area contributed by atoms with Crippen LogP contribution in [0.1, 0.15) is 74.9 Å². The van der Waals surface area contributed by atoms with Crippen molar-refractivity contribution in [1.29, 1.82) is 0 Å². The Morgan fingerprint density at radius 2 is 0.925 bits per heavy atom. The van der Waals surface area contributed by atoms with E-state index in [1.165, 1.54) is 59.1 Å². The maximum atomic E-state index is 12.0. The number of anilines is 3. The minimum absolute atomic E-state index is 0.741. The number of aldehydes is 1. The Hall–Kier alpha value is -4.91. The van der Waals surface area contributed by atoms with Crippen molar-refractivity contribution in [2.75, 3.05) is 18.1 Å². The van der Waals surface area contributed by atoms with Gasteiger partial charge in [-0.25, -0.2) is 0 Å². The van der Waals surface area contributed by atoms with Crippen LogP contribution in [0.4, 0.5) is 17.1 Å². The average molecular weight is 738 g/mol. The summed E-state index contributed by atoms with van der Waals surface area (Å²) in [5, 5.41) is 4.58. The number of hydrogen-bond donors (Lipinski definition) is 0. The van der Waals surface area contributed by atoms with Gasteiger partial charge in [-0.05, 0) is 79.1 Å². The van der Waals surface area contributed by atoms with E-state index < -0.39 is 0 Å². The number of unbranched alkanes of at least 4 members (excludes halogenated alkanes) is 6. The van der Waals surface area contributed by atoms with Crippen molar-refractivity contribution in [1.82, 2.24) is 0 Å². The van der Waals surface area contributed by atoms with Gasteiger partial charge in [0, 0.05) is 43.5 Å². The molecule has 0 fully saturated rings. The third-order valence-corrected chi connectivity index (χ3v) is 12.3. The van der Waals surface area contributed by atoms with Crippen molar-refractivity contribution >= 4 is 67.6 Å². The summed E-state index contributed by atoms with van der Waals surface area (Å²) in [6, 6.07) is 42.6. The number of carbonyl (C=O) groups excluding carboxylic acids is 1. The van der Waals surface area contributed by atoms with E-state index in [1.54, 1.807) is 22.7 Å². The van der Waals surface area contributed by atoms with Gasteiger partial charge in [0.1, 0.15) is 11.5 Å². The summed E-state index contributed by atoms with van der Waals surface area (Å²) >= 11 is 3.39. The molecule has 2 heterocycles. The summed E-state index contributed by atoms with van der Waals surface area (Å²) in [5.74, 6) is 1.79. The third kappa shape index (κ3) is 8.35. The number of ether oxygens (including phenoxy) is 2. The molecule has 5 aromatic carbocycles. The fraction of sp³-hybridized carbons (Fsp3) is 0.255. The first-order chi connectivity index (χ1) is 26.2.